The van der Waals surface area contributed by atoms with E-state index in [-0.39, 0.29) is 32.1 Å². The van der Waals surface area contributed by atoms with Crippen molar-refractivity contribution in [3.63, 3.8) is 0 Å². The molecule has 0 heterocycles. The molecular formula is C51H72ClN5O10. The largest absolute Gasteiger partial charge is 0.444 e. The summed E-state index contributed by atoms with van der Waals surface area (Å²) in [6.07, 6.45) is 0.708. The molecule has 4 N–H and O–H groups in total. The number of carbonyl (C=O) groups is 6. The van der Waals surface area contributed by atoms with Crippen LogP contribution in [0.1, 0.15) is 123 Å². The van der Waals surface area contributed by atoms with Crippen LogP contribution in [0.15, 0.2) is 84.9 Å². The van der Waals surface area contributed by atoms with E-state index >= 15 is 0 Å². The maximum absolute atomic E-state index is 13.2. The molecule has 0 aliphatic carbocycles. The zero-order chi connectivity index (χ0) is 50.4. The van der Waals surface area contributed by atoms with Gasteiger partial charge in [-0.1, -0.05) is 60.7 Å². The Hall–Kier alpha value is -6.09. The SMILES string of the molecule is CC(C)(C)OC(=O)NCCCCCNC(=O)OC(C)(C)C.CC(C)(C)OC(=O)NCCN(CCNC(=O)OC(C)(C)C)C(=O)c1ccc2ccccc2c1.O=C(Cl)c1ccc2ccccc2c1. The molecule has 0 atom stereocenters. The van der Waals surface area contributed by atoms with Gasteiger partial charge < -0.3 is 45.1 Å². The van der Waals surface area contributed by atoms with E-state index in [4.69, 9.17) is 30.5 Å². The van der Waals surface area contributed by atoms with Crippen LogP contribution >= 0.6 is 11.6 Å². The molecule has 4 aromatic carbocycles. The van der Waals surface area contributed by atoms with Crippen molar-refractivity contribution < 1.29 is 47.7 Å². The second-order valence-corrected chi connectivity index (χ2v) is 19.8. The lowest BCUT2D eigenvalue weighted by molar-refractivity contribution is 0.0498. The minimum absolute atomic E-state index is 0.197. The number of hydrogen-bond donors (Lipinski definition) is 4. The second kappa shape index (κ2) is 26.9. The minimum atomic E-state index is -0.609. The Morgan fingerprint density at radius 3 is 1.09 bits per heavy atom. The highest BCUT2D eigenvalue weighted by molar-refractivity contribution is 6.67. The fourth-order valence-corrected chi connectivity index (χ4v) is 5.90. The quantitative estimate of drug-likeness (QED) is 0.0537. The van der Waals surface area contributed by atoms with Crippen LogP contribution in [0, 0.1) is 0 Å². The van der Waals surface area contributed by atoms with Gasteiger partial charge in [-0.3, -0.25) is 9.59 Å². The van der Waals surface area contributed by atoms with E-state index in [1.165, 1.54) is 0 Å². The number of unbranched alkanes of at least 4 members (excludes halogenated alkanes) is 2. The van der Waals surface area contributed by atoms with Gasteiger partial charge in [-0.2, -0.15) is 0 Å². The predicted molar refractivity (Wildman–Crippen MR) is 265 cm³/mol. The van der Waals surface area contributed by atoms with Gasteiger partial charge in [0.2, 0.25) is 0 Å². The number of alkyl carbamates (subject to hydrolysis) is 4. The van der Waals surface area contributed by atoms with Crippen molar-refractivity contribution in [3.8, 4) is 0 Å². The Bertz CT molecular complexity index is 2170. The Balaban J connectivity index is 0.000000384. The van der Waals surface area contributed by atoms with Crippen LogP contribution in [0.3, 0.4) is 0 Å². The highest BCUT2D eigenvalue weighted by Gasteiger charge is 2.21. The van der Waals surface area contributed by atoms with Gasteiger partial charge in [0.15, 0.2) is 0 Å². The van der Waals surface area contributed by atoms with Gasteiger partial charge in [0.05, 0.1) is 0 Å². The summed E-state index contributed by atoms with van der Waals surface area (Å²) in [6, 6.07) is 26.6. The summed E-state index contributed by atoms with van der Waals surface area (Å²) in [6.45, 7) is 23.7. The summed E-state index contributed by atoms with van der Waals surface area (Å²) in [5, 5.41) is 14.5. The van der Waals surface area contributed by atoms with Crippen LogP contribution in [0.5, 0.6) is 0 Å². The van der Waals surface area contributed by atoms with E-state index in [1.807, 2.05) is 108 Å². The maximum Gasteiger partial charge on any atom is 0.407 e. The van der Waals surface area contributed by atoms with Gasteiger partial charge in [-0.25, -0.2) is 19.2 Å². The summed E-state index contributed by atoms with van der Waals surface area (Å²) >= 11 is 5.36. The van der Waals surface area contributed by atoms with Crippen molar-refractivity contribution in [2.45, 2.75) is 125 Å². The maximum atomic E-state index is 13.2. The molecule has 0 aliphatic rings. The molecule has 0 saturated carbocycles. The van der Waals surface area contributed by atoms with Crippen LogP contribution in [0.2, 0.25) is 0 Å². The van der Waals surface area contributed by atoms with E-state index in [2.05, 4.69) is 21.3 Å². The smallest absolute Gasteiger partial charge is 0.407 e. The molecule has 0 aromatic heterocycles. The summed E-state index contributed by atoms with van der Waals surface area (Å²) in [4.78, 5) is 72.3. The molecule has 368 valence electrons. The van der Waals surface area contributed by atoms with E-state index < -0.39 is 52.0 Å². The highest BCUT2D eigenvalue weighted by atomic mass is 35.5. The molecule has 0 saturated heterocycles. The lowest BCUT2D eigenvalue weighted by Gasteiger charge is -2.25. The summed E-state index contributed by atoms with van der Waals surface area (Å²) in [7, 11) is 0. The monoisotopic (exact) mass is 949 g/mol. The van der Waals surface area contributed by atoms with Gasteiger partial charge in [0, 0.05) is 50.4 Å². The summed E-state index contributed by atoms with van der Waals surface area (Å²) in [5.74, 6) is -0.197. The molecule has 4 rings (SSSR count). The van der Waals surface area contributed by atoms with E-state index in [0.717, 1.165) is 40.8 Å². The molecule has 5 amide bonds. The number of ether oxygens (including phenoxy) is 4. The van der Waals surface area contributed by atoms with Crippen LogP contribution < -0.4 is 21.3 Å². The summed E-state index contributed by atoms with van der Waals surface area (Å²) < 4.78 is 20.7. The molecular weight excluding hydrogens is 878 g/mol. The Labute approximate surface area is 401 Å². The number of amides is 5. The fourth-order valence-electron chi connectivity index (χ4n) is 5.78. The highest BCUT2D eigenvalue weighted by Crippen LogP contribution is 2.18. The van der Waals surface area contributed by atoms with Crippen molar-refractivity contribution in [2.24, 2.45) is 0 Å². The van der Waals surface area contributed by atoms with Crippen molar-refractivity contribution in [1.82, 2.24) is 26.2 Å². The van der Waals surface area contributed by atoms with Crippen LogP contribution in [0.25, 0.3) is 21.5 Å². The minimum Gasteiger partial charge on any atom is -0.444 e. The topological polar surface area (TPSA) is 191 Å². The number of nitrogens with zero attached hydrogens (tertiary/aromatic N) is 1. The molecule has 16 heteroatoms. The standard InChI is InChI=1S/C25H35N3O5.C15H30N2O4.C11H7ClO/c1-24(2,3)32-22(30)26-13-15-28(16-14-27-23(31)33-25(4,5)6)21(29)20-12-11-18-9-7-8-10-19(18)17-20;1-14(2,3)20-12(18)16-10-8-7-9-11-17-13(19)21-15(4,5)6;12-11(13)10-6-5-8-3-1-2-4-9(8)7-10/h7-12,17H,13-16H2,1-6H3,(H,26,30)(H,27,31);7-11H2,1-6H3,(H,16,18)(H,17,19);1-7H. The van der Waals surface area contributed by atoms with Gasteiger partial charge in [-0.05, 0) is 160 Å². The molecule has 0 bridgehead atoms. The van der Waals surface area contributed by atoms with Crippen LogP contribution in [-0.2, 0) is 18.9 Å². The number of hydrogen-bond acceptors (Lipinski definition) is 10. The number of benzene rings is 4. The van der Waals surface area contributed by atoms with Gasteiger partial charge in [0.25, 0.3) is 11.1 Å². The first-order chi connectivity index (χ1) is 31.1. The average molecular weight is 951 g/mol. The summed E-state index contributed by atoms with van der Waals surface area (Å²) in [5.41, 5.74) is -1.09. The molecule has 15 nitrogen and oxygen atoms in total. The number of carbonyl (C=O) groups excluding carboxylic acids is 6. The third kappa shape index (κ3) is 26.0. The zero-order valence-electron chi connectivity index (χ0n) is 41.4. The normalized spacial score (nSPS) is 11.4. The molecule has 0 unspecified atom stereocenters. The third-order valence-corrected chi connectivity index (χ3v) is 8.77. The lowest BCUT2D eigenvalue weighted by Crippen LogP contribution is -2.44. The second-order valence-electron chi connectivity index (χ2n) is 19.5. The number of fused-ring (bicyclic) bond motifs is 2. The molecule has 4 aromatic rings. The molecule has 67 heavy (non-hydrogen) atoms. The van der Waals surface area contributed by atoms with Crippen molar-refractivity contribution in [3.05, 3.63) is 96.1 Å². The third-order valence-electron chi connectivity index (χ3n) is 8.55. The predicted octanol–water partition coefficient (Wildman–Crippen LogP) is 10.8. The fraction of sp³-hybridized carbons (Fsp3) is 0.490. The van der Waals surface area contributed by atoms with Crippen LogP contribution in [-0.4, -0.2) is 102 Å². The number of halogens is 1. The molecule has 0 fully saturated rings. The van der Waals surface area contributed by atoms with Crippen molar-refractivity contribution >= 4 is 68.7 Å². The van der Waals surface area contributed by atoms with Crippen molar-refractivity contribution in [1.29, 1.82) is 0 Å². The molecule has 0 radical (unpaired) electrons. The molecule has 0 spiro atoms. The first-order valence-electron chi connectivity index (χ1n) is 22.4. The molecule has 0 aliphatic heterocycles. The van der Waals surface area contributed by atoms with Gasteiger partial charge in [-0.15, -0.1) is 0 Å². The van der Waals surface area contributed by atoms with Gasteiger partial charge in [0.1, 0.15) is 22.4 Å². The Kier molecular flexibility index (Phi) is 22.9. The van der Waals surface area contributed by atoms with Crippen LogP contribution in [0.4, 0.5) is 19.2 Å². The van der Waals surface area contributed by atoms with E-state index in [0.29, 0.717) is 24.2 Å². The lowest BCUT2D eigenvalue weighted by atomic mass is 10.1. The first-order valence-corrected chi connectivity index (χ1v) is 22.8. The Morgan fingerprint density at radius 1 is 0.433 bits per heavy atom. The number of rotatable bonds is 14. The first kappa shape index (κ1) is 57.0. The number of nitrogens with one attached hydrogen (secondary N) is 4. The van der Waals surface area contributed by atoms with E-state index in [9.17, 15) is 28.8 Å². The zero-order valence-corrected chi connectivity index (χ0v) is 42.1. The van der Waals surface area contributed by atoms with E-state index in [1.54, 1.807) is 64.6 Å². The van der Waals surface area contributed by atoms with Gasteiger partial charge >= 0.3 is 24.4 Å². The van der Waals surface area contributed by atoms with Crippen molar-refractivity contribution in [2.75, 3.05) is 39.3 Å². The Morgan fingerprint density at radius 2 is 0.746 bits per heavy atom. The average Bonchev–Trinajstić information content (AvgIpc) is 3.20.